The van der Waals surface area contributed by atoms with Gasteiger partial charge in [-0.15, -0.1) is 5.53 Å². The van der Waals surface area contributed by atoms with Crippen LogP contribution < -0.4 is 22.1 Å². The van der Waals surface area contributed by atoms with E-state index >= 15 is 0 Å². The quantitative estimate of drug-likeness (QED) is 0.537. The topological polar surface area (TPSA) is 109 Å². The van der Waals surface area contributed by atoms with Crippen molar-refractivity contribution < 1.29 is 8.42 Å². The van der Waals surface area contributed by atoms with E-state index < -0.39 is 9.84 Å². The van der Waals surface area contributed by atoms with Crippen LogP contribution in [0.5, 0.6) is 0 Å². The van der Waals surface area contributed by atoms with Crippen LogP contribution in [0.4, 0.5) is 17.3 Å². The number of nitrogens with zero attached hydrogens (tertiary/aromatic N) is 1. The van der Waals surface area contributed by atoms with E-state index in [0.717, 1.165) is 22.4 Å². The summed E-state index contributed by atoms with van der Waals surface area (Å²) in [6.07, 6.45) is 0.534. The number of anilines is 3. The summed E-state index contributed by atoms with van der Waals surface area (Å²) in [5.74, 6) is 0.968. The van der Waals surface area contributed by atoms with E-state index in [-0.39, 0.29) is 5.75 Å². The van der Waals surface area contributed by atoms with Crippen molar-refractivity contribution in [1.82, 2.24) is 10.5 Å². The van der Waals surface area contributed by atoms with Gasteiger partial charge in [-0.2, -0.15) is 0 Å². The molecule has 0 aliphatic carbocycles. The molecule has 2 aromatic carbocycles. The Morgan fingerprint density at radius 1 is 0.889 bits per heavy atom. The van der Waals surface area contributed by atoms with Crippen LogP contribution in [-0.4, -0.2) is 13.4 Å². The van der Waals surface area contributed by atoms with E-state index in [9.17, 15) is 8.42 Å². The van der Waals surface area contributed by atoms with E-state index in [1.807, 2.05) is 24.3 Å². The first-order valence-electron chi connectivity index (χ1n) is 8.44. The number of nitrogen functional groups attached to an aromatic ring is 1. The second kappa shape index (κ2) is 6.90. The van der Waals surface area contributed by atoms with Gasteiger partial charge in [-0.3, -0.25) is 5.43 Å². The molecule has 7 nitrogen and oxygen atoms in total. The third kappa shape index (κ3) is 3.57. The number of aromatic nitrogens is 1. The SMILES string of the molecule is Nc1cc(Cc2ccccc2CS(=O)(=O)c2ccccc2)c2c(n1)NNN2. The number of rotatable bonds is 5. The second-order valence-corrected chi connectivity index (χ2v) is 8.31. The minimum atomic E-state index is -3.43. The number of fused-ring (bicyclic) bond motifs is 1. The van der Waals surface area contributed by atoms with Crippen molar-refractivity contribution in [2.24, 2.45) is 0 Å². The van der Waals surface area contributed by atoms with E-state index in [2.05, 4.69) is 21.4 Å². The Morgan fingerprint density at radius 3 is 2.37 bits per heavy atom. The summed E-state index contributed by atoms with van der Waals surface area (Å²) < 4.78 is 25.6. The summed E-state index contributed by atoms with van der Waals surface area (Å²) in [6.45, 7) is 0. The molecule has 0 fully saturated rings. The van der Waals surface area contributed by atoms with Gasteiger partial charge in [-0.1, -0.05) is 42.5 Å². The lowest BCUT2D eigenvalue weighted by molar-refractivity contribution is 0.595. The first kappa shape index (κ1) is 17.3. The molecule has 8 heteroatoms. The van der Waals surface area contributed by atoms with Crippen molar-refractivity contribution in [1.29, 1.82) is 0 Å². The normalized spacial score (nSPS) is 12.9. The number of pyridine rings is 1. The molecular weight excluding hydrogens is 362 g/mol. The maximum atomic E-state index is 12.8. The molecule has 138 valence electrons. The number of hydrogen-bond donors (Lipinski definition) is 4. The Balaban J connectivity index is 1.67. The number of benzene rings is 2. The highest BCUT2D eigenvalue weighted by Gasteiger charge is 2.20. The highest BCUT2D eigenvalue weighted by atomic mass is 32.2. The molecule has 5 N–H and O–H groups in total. The molecule has 0 atom stereocenters. The van der Waals surface area contributed by atoms with Gasteiger partial charge in [0.05, 0.1) is 16.3 Å². The first-order valence-corrected chi connectivity index (χ1v) is 10.1. The molecule has 2 heterocycles. The number of nitrogens with two attached hydrogens (primary N) is 1. The lowest BCUT2D eigenvalue weighted by Gasteiger charge is -2.13. The lowest BCUT2D eigenvalue weighted by Crippen LogP contribution is -2.19. The Hall–Kier alpha value is -3.10. The van der Waals surface area contributed by atoms with Gasteiger partial charge in [0.2, 0.25) is 0 Å². The smallest absolute Gasteiger partial charge is 0.182 e. The van der Waals surface area contributed by atoms with Crippen molar-refractivity contribution in [2.45, 2.75) is 17.1 Å². The van der Waals surface area contributed by atoms with Crippen LogP contribution in [-0.2, 0) is 22.0 Å². The van der Waals surface area contributed by atoms with Crippen molar-refractivity contribution >= 4 is 27.2 Å². The summed E-state index contributed by atoms with van der Waals surface area (Å²) >= 11 is 0. The number of hydrogen-bond acceptors (Lipinski definition) is 7. The van der Waals surface area contributed by atoms with Crippen LogP contribution in [0.2, 0.25) is 0 Å². The Morgan fingerprint density at radius 2 is 1.59 bits per heavy atom. The van der Waals surface area contributed by atoms with E-state index in [1.165, 1.54) is 0 Å². The van der Waals surface area contributed by atoms with E-state index in [0.29, 0.717) is 23.0 Å². The predicted molar refractivity (Wildman–Crippen MR) is 106 cm³/mol. The average Bonchev–Trinajstić information content (AvgIpc) is 3.12. The molecule has 1 aliphatic heterocycles. The monoisotopic (exact) mass is 381 g/mol. The predicted octanol–water partition coefficient (Wildman–Crippen LogP) is 2.49. The van der Waals surface area contributed by atoms with Crippen molar-refractivity contribution in [3.63, 3.8) is 0 Å². The van der Waals surface area contributed by atoms with Gasteiger partial charge in [-0.05, 0) is 34.9 Å². The molecule has 27 heavy (non-hydrogen) atoms. The van der Waals surface area contributed by atoms with E-state index in [4.69, 9.17) is 5.73 Å². The zero-order valence-corrected chi connectivity index (χ0v) is 15.3. The standard InChI is InChI=1S/C19H19N5O2S/c20-17-11-15(18-19(21-17)23-24-22-18)10-13-6-4-5-7-14(13)12-27(25,26)16-8-2-1-3-9-16/h1-9,11,22,24H,10,12H2,(H3,20,21,23). The van der Waals surface area contributed by atoms with Gasteiger partial charge >= 0.3 is 0 Å². The molecule has 4 rings (SSSR count). The number of sulfone groups is 1. The molecule has 0 spiro atoms. The van der Waals surface area contributed by atoms with Crippen LogP contribution in [0.15, 0.2) is 65.6 Å². The first-order chi connectivity index (χ1) is 13.0. The number of hydrazine groups is 2. The highest BCUT2D eigenvalue weighted by molar-refractivity contribution is 7.90. The minimum absolute atomic E-state index is 0.0557. The Bertz CT molecular complexity index is 1080. The fourth-order valence-corrected chi connectivity index (χ4v) is 4.56. The zero-order valence-electron chi connectivity index (χ0n) is 14.4. The molecule has 0 amide bonds. The van der Waals surface area contributed by atoms with Crippen LogP contribution in [0, 0.1) is 0 Å². The van der Waals surface area contributed by atoms with Crippen molar-refractivity contribution in [3.8, 4) is 0 Å². The van der Waals surface area contributed by atoms with Gasteiger partial charge in [0.15, 0.2) is 15.7 Å². The van der Waals surface area contributed by atoms with Crippen LogP contribution in [0.25, 0.3) is 0 Å². The molecule has 3 aromatic rings. The van der Waals surface area contributed by atoms with Gasteiger partial charge in [0.1, 0.15) is 5.82 Å². The third-order valence-electron chi connectivity index (χ3n) is 4.44. The molecule has 0 radical (unpaired) electrons. The lowest BCUT2D eigenvalue weighted by atomic mass is 10.00. The summed E-state index contributed by atoms with van der Waals surface area (Å²) in [4.78, 5) is 4.55. The van der Waals surface area contributed by atoms with Crippen LogP contribution >= 0.6 is 0 Å². The van der Waals surface area contributed by atoms with Crippen molar-refractivity contribution in [3.05, 3.63) is 77.4 Å². The molecule has 0 bridgehead atoms. The van der Waals surface area contributed by atoms with Crippen molar-refractivity contribution in [2.75, 3.05) is 16.6 Å². The van der Waals surface area contributed by atoms with Gasteiger partial charge in [-0.25, -0.2) is 13.4 Å². The molecule has 0 saturated heterocycles. The summed E-state index contributed by atoms with van der Waals surface area (Å²) in [5, 5.41) is 0. The van der Waals surface area contributed by atoms with Gasteiger partial charge in [0.25, 0.3) is 0 Å². The highest BCUT2D eigenvalue weighted by Crippen LogP contribution is 2.31. The fourth-order valence-electron chi connectivity index (χ4n) is 3.13. The second-order valence-electron chi connectivity index (χ2n) is 6.32. The molecule has 1 aliphatic rings. The maximum Gasteiger partial charge on any atom is 0.182 e. The molecule has 0 saturated carbocycles. The fraction of sp³-hybridized carbons (Fsp3) is 0.105. The van der Waals surface area contributed by atoms with Crippen LogP contribution in [0.1, 0.15) is 16.7 Å². The largest absolute Gasteiger partial charge is 0.384 e. The average molecular weight is 381 g/mol. The molecular formula is C19H19N5O2S. The van der Waals surface area contributed by atoms with Crippen LogP contribution in [0.3, 0.4) is 0 Å². The Kier molecular flexibility index (Phi) is 4.43. The zero-order chi connectivity index (χ0) is 18.9. The summed E-state index contributed by atoms with van der Waals surface area (Å²) in [5.41, 5.74) is 18.0. The number of nitrogens with one attached hydrogen (secondary N) is 3. The van der Waals surface area contributed by atoms with Gasteiger partial charge in [0, 0.05) is 6.42 Å². The minimum Gasteiger partial charge on any atom is -0.384 e. The van der Waals surface area contributed by atoms with E-state index in [1.54, 1.807) is 36.4 Å². The van der Waals surface area contributed by atoms with Gasteiger partial charge < -0.3 is 11.2 Å². The third-order valence-corrected chi connectivity index (χ3v) is 6.12. The summed E-state index contributed by atoms with van der Waals surface area (Å²) in [6, 6.07) is 17.8. The Labute approximate surface area is 157 Å². The maximum absolute atomic E-state index is 12.8. The molecule has 0 unspecified atom stereocenters. The summed E-state index contributed by atoms with van der Waals surface area (Å²) in [7, 11) is -3.43. The molecule has 1 aromatic heterocycles.